The van der Waals surface area contributed by atoms with Crippen LogP contribution in [0, 0.1) is 35.0 Å². The maximum atomic E-state index is 8.65. The van der Waals surface area contributed by atoms with Gasteiger partial charge < -0.3 is 5.32 Å². The van der Waals surface area contributed by atoms with E-state index in [1.807, 2.05) is 6.92 Å². The van der Waals surface area contributed by atoms with Crippen molar-refractivity contribution in [1.82, 2.24) is 5.32 Å². The normalized spacial score (nSPS) is 23.5. The molecular weight excluding hydrogens is 172 g/mol. The second-order valence-corrected chi connectivity index (χ2v) is 5.03. The number of hydrogen-bond donors (Lipinski definition) is 1. The fraction of sp³-hybridized carbons (Fsp3) is 0.917. The van der Waals surface area contributed by atoms with Gasteiger partial charge in [-0.15, -0.1) is 0 Å². The summed E-state index contributed by atoms with van der Waals surface area (Å²) in [5.41, 5.74) is 0. The van der Waals surface area contributed by atoms with Gasteiger partial charge in [-0.1, -0.05) is 0 Å². The lowest BCUT2D eigenvalue weighted by Crippen LogP contribution is -2.28. The standard InChI is InChI=1S/C12H20N2/c1-9(6-13)7-14-8-12(10-2-3-10)11-4-5-11/h9-12,14H,2-5,7-8H2,1H3. The summed E-state index contributed by atoms with van der Waals surface area (Å²) in [4.78, 5) is 0. The average molecular weight is 192 g/mol. The lowest BCUT2D eigenvalue weighted by molar-refractivity contribution is 0.374. The van der Waals surface area contributed by atoms with Crippen molar-refractivity contribution in [3.63, 3.8) is 0 Å². The summed E-state index contributed by atoms with van der Waals surface area (Å²) < 4.78 is 0. The zero-order valence-corrected chi connectivity index (χ0v) is 9.00. The third-order valence-corrected chi connectivity index (χ3v) is 3.51. The predicted molar refractivity (Wildman–Crippen MR) is 56.6 cm³/mol. The van der Waals surface area contributed by atoms with E-state index < -0.39 is 0 Å². The van der Waals surface area contributed by atoms with E-state index >= 15 is 0 Å². The fourth-order valence-corrected chi connectivity index (χ4v) is 2.28. The van der Waals surface area contributed by atoms with Gasteiger partial charge in [0.2, 0.25) is 0 Å². The van der Waals surface area contributed by atoms with E-state index in [2.05, 4.69) is 11.4 Å². The Labute approximate surface area is 86.7 Å². The van der Waals surface area contributed by atoms with Crippen molar-refractivity contribution in [2.24, 2.45) is 23.7 Å². The van der Waals surface area contributed by atoms with Crippen LogP contribution in [0.4, 0.5) is 0 Å². The Bertz CT molecular complexity index is 211. The van der Waals surface area contributed by atoms with E-state index in [0.717, 1.165) is 30.8 Å². The molecule has 0 heterocycles. The van der Waals surface area contributed by atoms with Gasteiger partial charge in [-0.2, -0.15) is 5.26 Å². The number of nitrogens with zero attached hydrogens (tertiary/aromatic N) is 1. The zero-order valence-electron chi connectivity index (χ0n) is 9.00. The molecule has 2 fully saturated rings. The van der Waals surface area contributed by atoms with E-state index in [1.165, 1.54) is 25.7 Å². The minimum absolute atomic E-state index is 0.161. The number of nitriles is 1. The number of hydrogen-bond acceptors (Lipinski definition) is 2. The minimum Gasteiger partial charge on any atom is -0.315 e. The summed E-state index contributed by atoms with van der Waals surface area (Å²) in [6, 6.07) is 2.27. The Balaban J connectivity index is 1.65. The molecule has 0 aromatic heterocycles. The molecule has 1 N–H and O–H groups in total. The summed E-state index contributed by atoms with van der Waals surface area (Å²) >= 11 is 0. The molecule has 0 aliphatic heterocycles. The van der Waals surface area contributed by atoms with Gasteiger partial charge in [0.15, 0.2) is 0 Å². The largest absolute Gasteiger partial charge is 0.315 e. The van der Waals surface area contributed by atoms with Crippen LogP contribution < -0.4 is 5.32 Å². The van der Waals surface area contributed by atoms with Crippen LogP contribution in [0.1, 0.15) is 32.6 Å². The molecule has 1 atom stereocenters. The van der Waals surface area contributed by atoms with Crippen LogP contribution in [0.3, 0.4) is 0 Å². The van der Waals surface area contributed by atoms with Gasteiger partial charge in [0.25, 0.3) is 0 Å². The topological polar surface area (TPSA) is 35.8 Å². The maximum Gasteiger partial charge on any atom is 0.0666 e. The third kappa shape index (κ3) is 2.72. The Morgan fingerprint density at radius 1 is 1.21 bits per heavy atom. The van der Waals surface area contributed by atoms with Crippen LogP contribution in [0.15, 0.2) is 0 Å². The molecular formula is C12H20N2. The molecule has 2 rings (SSSR count). The van der Waals surface area contributed by atoms with Gasteiger partial charge in [-0.3, -0.25) is 0 Å². The van der Waals surface area contributed by atoms with Crippen molar-refractivity contribution in [2.75, 3.05) is 13.1 Å². The summed E-state index contributed by atoms with van der Waals surface area (Å²) in [5.74, 6) is 3.13. The van der Waals surface area contributed by atoms with Crippen molar-refractivity contribution in [1.29, 1.82) is 5.26 Å². The predicted octanol–water partition coefficient (Wildman–Crippen LogP) is 2.17. The van der Waals surface area contributed by atoms with Crippen LogP contribution in [0.5, 0.6) is 0 Å². The van der Waals surface area contributed by atoms with Crippen LogP contribution in [-0.4, -0.2) is 13.1 Å². The molecule has 1 unspecified atom stereocenters. The van der Waals surface area contributed by atoms with E-state index in [0.29, 0.717) is 0 Å². The molecule has 2 heteroatoms. The monoisotopic (exact) mass is 192 g/mol. The average Bonchev–Trinajstić information content (AvgIpc) is 3.03. The molecule has 0 aromatic rings. The van der Waals surface area contributed by atoms with Crippen LogP contribution in [0.25, 0.3) is 0 Å². The van der Waals surface area contributed by atoms with Gasteiger partial charge in [-0.05, 0) is 56.9 Å². The molecule has 0 amide bonds. The number of rotatable bonds is 6. The lowest BCUT2D eigenvalue weighted by Gasteiger charge is -2.16. The molecule has 0 radical (unpaired) electrons. The second-order valence-electron chi connectivity index (χ2n) is 5.03. The van der Waals surface area contributed by atoms with E-state index in [9.17, 15) is 0 Å². The Morgan fingerprint density at radius 2 is 1.79 bits per heavy atom. The maximum absolute atomic E-state index is 8.65. The highest BCUT2D eigenvalue weighted by molar-refractivity contribution is 4.92. The quantitative estimate of drug-likeness (QED) is 0.700. The summed E-state index contributed by atoms with van der Waals surface area (Å²) in [6.45, 7) is 4.00. The third-order valence-electron chi connectivity index (χ3n) is 3.51. The van der Waals surface area contributed by atoms with Gasteiger partial charge in [-0.25, -0.2) is 0 Å². The van der Waals surface area contributed by atoms with E-state index in [1.54, 1.807) is 0 Å². The summed E-state index contributed by atoms with van der Waals surface area (Å²) in [7, 11) is 0. The molecule has 0 bridgehead atoms. The highest BCUT2D eigenvalue weighted by atomic mass is 14.9. The minimum atomic E-state index is 0.161. The van der Waals surface area contributed by atoms with E-state index in [-0.39, 0.29) is 5.92 Å². The van der Waals surface area contributed by atoms with Crippen molar-refractivity contribution in [3.05, 3.63) is 0 Å². The van der Waals surface area contributed by atoms with Crippen LogP contribution >= 0.6 is 0 Å². The zero-order chi connectivity index (χ0) is 9.97. The summed E-state index contributed by atoms with van der Waals surface area (Å²) in [5, 5.41) is 12.1. The molecule has 2 saturated carbocycles. The van der Waals surface area contributed by atoms with Gasteiger partial charge in [0, 0.05) is 6.54 Å². The molecule has 78 valence electrons. The Kier molecular flexibility index (Phi) is 3.08. The first-order valence-electron chi connectivity index (χ1n) is 5.91. The molecule has 14 heavy (non-hydrogen) atoms. The van der Waals surface area contributed by atoms with Gasteiger partial charge in [0.1, 0.15) is 0 Å². The Hall–Kier alpha value is -0.550. The highest BCUT2D eigenvalue weighted by Gasteiger charge is 2.40. The van der Waals surface area contributed by atoms with Crippen LogP contribution in [0.2, 0.25) is 0 Å². The molecule has 0 spiro atoms. The number of nitrogens with one attached hydrogen (secondary N) is 1. The lowest BCUT2D eigenvalue weighted by atomic mass is 9.98. The van der Waals surface area contributed by atoms with Crippen molar-refractivity contribution < 1.29 is 0 Å². The van der Waals surface area contributed by atoms with Crippen molar-refractivity contribution >= 4 is 0 Å². The molecule has 2 aliphatic carbocycles. The molecule has 2 nitrogen and oxygen atoms in total. The second kappa shape index (κ2) is 4.31. The van der Waals surface area contributed by atoms with Crippen LogP contribution in [-0.2, 0) is 0 Å². The first kappa shape index (κ1) is 9.98. The smallest absolute Gasteiger partial charge is 0.0666 e. The molecule has 0 aromatic carbocycles. The fourth-order valence-electron chi connectivity index (χ4n) is 2.28. The summed E-state index contributed by atoms with van der Waals surface area (Å²) in [6.07, 6.45) is 5.82. The SMILES string of the molecule is CC(C#N)CNCC(C1CC1)C1CC1. The van der Waals surface area contributed by atoms with E-state index in [4.69, 9.17) is 5.26 Å². The van der Waals surface area contributed by atoms with Crippen molar-refractivity contribution in [2.45, 2.75) is 32.6 Å². The first-order valence-corrected chi connectivity index (χ1v) is 5.91. The molecule has 2 aliphatic rings. The first-order chi connectivity index (χ1) is 6.81. The van der Waals surface area contributed by atoms with Gasteiger partial charge in [0.05, 0.1) is 12.0 Å². The van der Waals surface area contributed by atoms with Crippen molar-refractivity contribution in [3.8, 4) is 6.07 Å². The van der Waals surface area contributed by atoms with Gasteiger partial charge >= 0.3 is 0 Å². The molecule has 0 saturated heterocycles. The Morgan fingerprint density at radius 3 is 2.21 bits per heavy atom. The highest BCUT2D eigenvalue weighted by Crippen LogP contribution is 2.48.